The Kier molecular flexibility index (Phi) is 4.17. The average molecular weight is 302 g/mol. The van der Waals surface area contributed by atoms with Crippen molar-refractivity contribution in [1.82, 2.24) is 4.98 Å². The van der Waals surface area contributed by atoms with Crippen molar-refractivity contribution in [2.24, 2.45) is 0 Å². The topological polar surface area (TPSA) is 25.4 Å². The number of anilines is 1. The van der Waals surface area contributed by atoms with Crippen LogP contribution in [0.5, 0.6) is 5.75 Å². The molecule has 1 heterocycles. The lowest BCUT2D eigenvalue weighted by atomic mass is 10.2. The van der Waals surface area contributed by atoms with Gasteiger partial charge in [0.1, 0.15) is 10.6 Å². The van der Waals surface area contributed by atoms with E-state index in [4.69, 9.17) is 4.74 Å². The van der Waals surface area contributed by atoms with E-state index < -0.39 is 11.1 Å². The van der Waals surface area contributed by atoms with Crippen LogP contribution in [0, 0.1) is 0 Å². The predicted molar refractivity (Wildman–Crippen MR) is 72.2 cm³/mol. The number of nitrogens with zero attached hydrogens (tertiary/aromatic N) is 2. The molecule has 7 heteroatoms. The van der Waals surface area contributed by atoms with E-state index in [2.05, 4.69) is 4.98 Å². The van der Waals surface area contributed by atoms with Crippen molar-refractivity contribution < 1.29 is 17.9 Å². The van der Waals surface area contributed by atoms with Gasteiger partial charge in [-0.05, 0) is 6.07 Å². The van der Waals surface area contributed by atoms with Crippen LogP contribution in [0.15, 0.2) is 30.5 Å². The number of hydrogen-bond donors (Lipinski definition) is 0. The summed E-state index contributed by atoms with van der Waals surface area (Å²) in [4.78, 5) is 4.79. The van der Waals surface area contributed by atoms with Crippen molar-refractivity contribution in [2.75, 3.05) is 19.1 Å². The van der Waals surface area contributed by atoms with E-state index >= 15 is 0 Å². The molecule has 2 rings (SSSR count). The second-order valence-electron chi connectivity index (χ2n) is 4.17. The molecule has 3 nitrogen and oxygen atoms in total. The van der Waals surface area contributed by atoms with E-state index in [-0.39, 0.29) is 0 Å². The van der Waals surface area contributed by atoms with E-state index in [9.17, 15) is 13.2 Å². The molecule has 0 aliphatic heterocycles. The Morgan fingerprint density at radius 3 is 2.60 bits per heavy atom. The van der Waals surface area contributed by atoms with E-state index in [0.29, 0.717) is 28.8 Å². The zero-order valence-corrected chi connectivity index (χ0v) is 11.8. The van der Waals surface area contributed by atoms with Gasteiger partial charge in [0.05, 0.1) is 13.3 Å². The Labute approximate surface area is 118 Å². The molecule has 0 spiro atoms. The highest BCUT2D eigenvalue weighted by Crippen LogP contribution is 2.36. The third-order valence-corrected chi connectivity index (χ3v) is 3.86. The number of ether oxygens (including phenoxy) is 1. The van der Waals surface area contributed by atoms with Gasteiger partial charge in [-0.25, -0.2) is 4.98 Å². The van der Waals surface area contributed by atoms with Crippen molar-refractivity contribution >= 4 is 16.5 Å². The third kappa shape index (κ3) is 3.22. The van der Waals surface area contributed by atoms with Gasteiger partial charge in [-0.3, -0.25) is 0 Å². The Morgan fingerprint density at radius 2 is 2.00 bits per heavy atom. The van der Waals surface area contributed by atoms with Gasteiger partial charge in [0.25, 0.3) is 0 Å². The van der Waals surface area contributed by atoms with Crippen LogP contribution in [0.25, 0.3) is 0 Å². The molecule has 20 heavy (non-hydrogen) atoms. The van der Waals surface area contributed by atoms with Crippen LogP contribution in [0.4, 0.5) is 18.3 Å². The fourth-order valence-corrected chi connectivity index (χ4v) is 2.47. The minimum Gasteiger partial charge on any atom is -0.496 e. The standard InChI is InChI=1S/C13H13F3N2OS/c1-18(8-9-5-3-4-6-10(9)19-2)12-17-7-11(20-12)13(14,15)16/h3-7H,8H2,1-2H3. The van der Waals surface area contributed by atoms with E-state index in [1.54, 1.807) is 19.1 Å². The molecule has 0 N–H and O–H groups in total. The summed E-state index contributed by atoms with van der Waals surface area (Å²) < 4.78 is 42.8. The van der Waals surface area contributed by atoms with Crippen molar-refractivity contribution in [2.45, 2.75) is 12.7 Å². The largest absolute Gasteiger partial charge is 0.496 e. The molecule has 0 atom stereocenters. The van der Waals surface area contributed by atoms with Crippen LogP contribution in [0.3, 0.4) is 0 Å². The fraction of sp³-hybridized carbons (Fsp3) is 0.308. The van der Waals surface area contributed by atoms with Gasteiger partial charge in [0, 0.05) is 19.2 Å². The molecule has 0 aliphatic rings. The summed E-state index contributed by atoms with van der Waals surface area (Å²) in [6.45, 7) is 0.425. The minimum atomic E-state index is -4.35. The Balaban J connectivity index is 2.16. The number of rotatable bonds is 4. The van der Waals surface area contributed by atoms with Crippen LogP contribution in [0.2, 0.25) is 0 Å². The monoisotopic (exact) mass is 302 g/mol. The summed E-state index contributed by atoms with van der Waals surface area (Å²) >= 11 is 0.630. The average Bonchev–Trinajstić information content (AvgIpc) is 2.89. The summed E-state index contributed by atoms with van der Waals surface area (Å²) in [7, 11) is 3.26. The second kappa shape index (κ2) is 5.70. The van der Waals surface area contributed by atoms with Gasteiger partial charge in [0.2, 0.25) is 0 Å². The minimum absolute atomic E-state index is 0.322. The highest BCUT2D eigenvalue weighted by atomic mass is 32.1. The maximum absolute atomic E-state index is 12.5. The van der Waals surface area contributed by atoms with Crippen molar-refractivity contribution in [1.29, 1.82) is 0 Å². The molecule has 0 bridgehead atoms. The summed E-state index contributed by atoms with van der Waals surface area (Å²) in [6, 6.07) is 7.38. The fourth-order valence-electron chi connectivity index (χ4n) is 1.73. The first kappa shape index (κ1) is 14.6. The molecule has 0 saturated carbocycles. The molecule has 0 saturated heterocycles. The number of halogens is 3. The first-order valence-corrected chi connectivity index (χ1v) is 6.59. The van der Waals surface area contributed by atoms with Crippen molar-refractivity contribution in [3.05, 3.63) is 40.9 Å². The van der Waals surface area contributed by atoms with Crippen LogP contribution < -0.4 is 9.64 Å². The lowest BCUT2D eigenvalue weighted by Crippen LogP contribution is -2.16. The summed E-state index contributed by atoms with van der Waals surface area (Å²) in [6.07, 6.45) is -3.49. The van der Waals surface area contributed by atoms with Crippen LogP contribution in [-0.2, 0) is 12.7 Å². The van der Waals surface area contributed by atoms with Crippen molar-refractivity contribution in [3.63, 3.8) is 0 Å². The normalized spacial score (nSPS) is 11.4. The highest BCUT2D eigenvalue weighted by molar-refractivity contribution is 7.15. The number of para-hydroxylation sites is 1. The third-order valence-electron chi connectivity index (χ3n) is 2.70. The first-order valence-electron chi connectivity index (χ1n) is 5.78. The number of thiazole rings is 1. The molecule has 108 valence electrons. The van der Waals surface area contributed by atoms with Gasteiger partial charge in [0.15, 0.2) is 5.13 Å². The maximum atomic E-state index is 12.5. The van der Waals surface area contributed by atoms with Gasteiger partial charge < -0.3 is 9.64 Å². The van der Waals surface area contributed by atoms with Gasteiger partial charge in [-0.2, -0.15) is 13.2 Å². The molecule has 1 aromatic heterocycles. The Hall–Kier alpha value is -1.76. The summed E-state index contributed by atoms with van der Waals surface area (Å²) in [5, 5.41) is 0.322. The van der Waals surface area contributed by atoms with Crippen molar-refractivity contribution in [3.8, 4) is 5.75 Å². The molecule has 0 aliphatic carbocycles. The van der Waals surface area contributed by atoms with E-state index in [1.807, 2.05) is 24.3 Å². The summed E-state index contributed by atoms with van der Waals surface area (Å²) in [5.74, 6) is 0.701. The number of aromatic nitrogens is 1. The molecule has 0 radical (unpaired) electrons. The molecule has 1 aromatic carbocycles. The van der Waals surface area contributed by atoms with Crippen LogP contribution in [0.1, 0.15) is 10.4 Å². The molecular formula is C13H13F3N2OS. The number of hydrogen-bond acceptors (Lipinski definition) is 4. The zero-order valence-electron chi connectivity index (χ0n) is 10.9. The quantitative estimate of drug-likeness (QED) is 0.859. The number of alkyl halides is 3. The lowest BCUT2D eigenvalue weighted by Gasteiger charge is -2.17. The van der Waals surface area contributed by atoms with Gasteiger partial charge in [-0.15, -0.1) is 0 Å². The van der Waals surface area contributed by atoms with E-state index in [0.717, 1.165) is 11.8 Å². The Morgan fingerprint density at radius 1 is 1.30 bits per heavy atom. The molecule has 0 unspecified atom stereocenters. The first-order chi connectivity index (χ1) is 9.41. The van der Waals surface area contributed by atoms with Crippen LogP contribution in [-0.4, -0.2) is 19.1 Å². The highest BCUT2D eigenvalue weighted by Gasteiger charge is 2.33. The SMILES string of the molecule is COc1ccccc1CN(C)c1ncc(C(F)(F)F)s1. The molecule has 0 amide bonds. The molecular weight excluding hydrogens is 289 g/mol. The van der Waals surface area contributed by atoms with E-state index in [1.165, 1.54) is 0 Å². The maximum Gasteiger partial charge on any atom is 0.427 e. The molecule has 0 fully saturated rings. The smallest absolute Gasteiger partial charge is 0.427 e. The lowest BCUT2D eigenvalue weighted by molar-refractivity contribution is -0.134. The second-order valence-corrected chi connectivity index (χ2v) is 5.18. The van der Waals surface area contributed by atoms with Crippen LogP contribution >= 0.6 is 11.3 Å². The predicted octanol–water partition coefficient (Wildman–Crippen LogP) is 3.81. The summed E-state index contributed by atoms with van der Waals surface area (Å²) in [5.41, 5.74) is 0.890. The molecule has 2 aromatic rings. The van der Waals surface area contributed by atoms with Gasteiger partial charge >= 0.3 is 6.18 Å². The zero-order chi connectivity index (χ0) is 14.8. The number of benzene rings is 1. The Bertz CT molecular complexity index is 583. The van der Waals surface area contributed by atoms with Gasteiger partial charge in [-0.1, -0.05) is 29.5 Å². The number of methoxy groups -OCH3 is 1.